The number of aliphatic carboxylic acids is 1. The molecule has 7 nitrogen and oxygen atoms in total. The highest BCUT2D eigenvalue weighted by Crippen LogP contribution is 2.23. The zero-order chi connectivity index (χ0) is 17.8. The average Bonchev–Trinajstić information content (AvgIpc) is 3.25. The van der Waals surface area contributed by atoms with E-state index in [-0.39, 0.29) is 11.9 Å². The van der Waals surface area contributed by atoms with Crippen molar-refractivity contribution in [2.45, 2.75) is 37.5 Å². The normalized spacial score (nSPS) is 21.0. The van der Waals surface area contributed by atoms with E-state index >= 15 is 0 Å². The van der Waals surface area contributed by atoms with E-state index in [2.05, 4.69) is 10.3 Å². The minimum Gasteiger partial charge on any atom is -0.479 e. The summed E-state index contributed by atoms with van der Waals surface area (Å²) in [5.41, 5.74) is 0.964. The number of nitrogens with zero attached hydrogens (tertiary/aromatic N) is 2. The average molecular weight is 343 g/mol. The van der Waals surface area contributed by atoms with Crippen molar-refractivity contribution < 1.29 is 19.4 Å². The molecule has 1 amide bonds. The Morgan fingerprint density at radius 3 is 2.64 bits per heavy atom. The van der Waals surface area contributed by atoms with Gasteiger partial charge in [-0.1, -0.05) is 30.3 Å². The molecule has 1 saturated heterocycles. The van der Waals surface area contributed by atoms with Crippen molar-refractivity contribution in [1.29, 1.82) is 0 Å². The second-order valence-corrected chi connectivity index (χ2v) is 6.16. The Balaban J connectivity index is 1.73. The van der Waals surface area contributed by atoms with Crippen LogP contribution in [-0.4, -0.2) is 38.7 Å². The van der Waals surface area contributed by atoms with Crippen molar-refractivity contribution >= 4 is 11.9 Å². The first-order valence-electron chi connectivity index (χ1n) is 8.24. The van der Waals surface area contributed by atoms with Crippen LogP contribution in [0.5, 0.6) is 0 Å². The summed E-state index contributed by atoms with van der Waals surface area (Å²) in [5.74, 6) is -0.459. The Morgan fingerprint density at radius 2 is 2.04 bits per heavy atom. The van der Waals surface area contributed by atoms with Gasteiger partial charge in [-0.3, -0.25) is 4.79 Å². The first-order valence-corrected chi connectivity index (χ1v) is 8.24. The smallest absolute Gasteiger partial charge is 0.332 e. The third kappa shape index (κ3) is 4.06. The SMILES string of the molecule is Cn1ccnc1CC(NC(=O)[C@H]1CC[C@@H](C(=O)O)O1)c1ccccc1. The maximum absolute atomic E-state index is 12.6. The molecule has 2 N–H and O–H groups in total. The lowest BCUT2D eigenvalue weighted by atomic mass is 10.0. The van der Waals surface area contributed by atoms with Crippen LogP contribution in [0, 0.1) is 0 Å². The number of ether oxygens (including phenoxy) is 1. The van der Waals surface area contributed by atoms with Crippen molar-refractivity contribution in [2.24, 2.45) is 7.05 Å². The molecule has 1 aliphatic rings. The van der Waals surface area contributed by atoms with Gasteiger partial charge in [-0.2, -0.15) is 0 Å². The molecule has 1 unspecified atom stereocenters. The summed E-state index contributed by atoms with van der Waals surface area (Å²) >= 11 is 0. The molecule has 1 fully saturated rings. The van der Waals surface area contributed by atoms with Crippen LogP contribution in [0.2, 0.25) is 0 Å². The van der Waals surface area contributed by atoms with E-state index in [0.717, 1.165) is 11.4 Å². The number of carboxylic acids is 1. The molecule has 0 bridgehead atoms. The maximum Gasteiger partial charge on any atom is 0.332 e. The molecule has 7 heteroatoms. The number of carboxylic acid groups (broad SMARTS) is 1. The number of carbonyl (C=O) groups is 2. The van der Waals surface area contributed by atoms with E-state index in [4.69, 9.17) is 9.84 Å². The van der Waals surface area contributed by atoms with Gasteiger partial charge in [0.25, 0.3) is 0 Å². The quantitative estimate of drug-likeness (QED) is 0.828. The highest BCUT2D eigenvalue weighted by molar-refractivity contribution is 5.83. The number of imidazole rings is 1. The topological polar surface area (TPSA) is 93.5 Å². The summed E-state index contributed by atoms with van der Waals surface area (Å²) in [6, 6.07) is 9.38. The number of carbonyl (C=O) groups excluding carboxylic acids is 1. The van der Waals surface area contributed by atoms with E-state index in [0.29, 0.717) is 19.3 Å². The molecule has 1 aromatic heterocycles. The first kappa shape index (κ1) is 17.2. The second-order valence-electron chi connectivity index (χ2n) is 6.16. The Morgan fingerprint density at radius 1 is 1.32 bits per heavy atom. The lowest BCUT2D eigenvalue weighted by molar-refractivity contribution is -0.151. The van der Waals surface area contributed by atoms with Crippen LogP contribution in [0.4, 0.5) is 0 Å². The minimum absolute atomic E-state index is 0.262. The van der Waals surface area contributed by atoms with Gasteiger partial charge >= 0.3 is 5.97 Å². The maximum atomic E-state index is 12.6. The Hall–Kier alpha value is -2.67. The molecule has 1 aromatic carbocycles. The van der Waals surface area contributed by atoms with Crippen LogP contribution in [0.3, 0.4) is 0 Å². The molecule has 0 aliphatic carbocycles. The van der Waals surface area contributed by atoms with Crippen LogP contribution in [0.25, 0.3) is 0 Å². The number of amides is 1. The lowest BCUT2D eigenvalue weighted by Crippen LogP contribution is -2.39. The Labute approximate surface area is 145 Å². The van der Waals surface area contributed by atoms with Crippen LogP contribution in [0.1, 0.15) is 30.3 Å². The van der Waals surface area contributed by atoms with Gasteiger partial charge in [-0.05, 0) is 18.4 Å². The third-order valence-electron chi connectivity index (χ3n) is 4.41. The predicted octanol–water partition coefficient (Wildman–Crippen LogP) is 1.45. The van der Waals surface area contributed by atoms with Gasteiger partial charge in [-0.15, -0.1) is 0 Å². The molecule has 0 radical (unpaired) electrons. The fraction of sp³-hybridized carbons (Fsp3) is 0.389. The summed E-state index contributed by atoms with van der Waals surface area (Å²) in [7, 11) is 1.91. The summed E-state index contributed by atoms with van der Waals surface area (Å²) < 4.78 is 7.26. The highest BCUT2D eigenvalue weighted by Gasteiger charge is 2.35. The van der Waals surface area contributed by atoms with E-state index in [9.17, 15) is 9.59 Å². The lowest BCUT2D eigenvalue weighted by Gasteiger charge is -2.21. The monoisotopic (exact) mass is 343 g/mol. The van der Waals surface area contributed by atoms with Gasteiger partial charge in [-0.25, -0.2) is 9.78 Å². The van der Waals surface area contributed by atoms with Crippen molar-refractivity contribution in [2.75, 3.05) is 0 Å². The number of rotatable bonds is 6. The minimum atomic E-state index is -1.03. The number of aryl methyl sites for hydroxylation is 1. The molecular formula is C18H21N3O4. The molecule has 1 aliphatic heterocycles. The number of nitrogens with one attached hydrogen (secondary N) is 1. The van der Waals surface area contributed by atoms with Crippen LogP contribution >= 0.6 is 0 Å². The van der Waals surface area contributed by atoms with Crippen LogP contribution in [0.15, 0.2) is 42.7 Å². The summed E-state index contributed by atoms with van der Waals surface area (Å²) in [5, 5.41) is 12.0. The zero-order valence-electron chi connectivity index (χ0n) is 14.0. The fourth-order valence-electron chi connectivity index (χ4n) is 2.99. The molecule has 132 valence electrons. The second kappa shape index (κ2) is 7.48. The molecule has 0 saturated carbocycles. The summed E-state index contributed by atoms with van der Waals surface area (Å²) in [4.78, 5) is 27.9. The molecule has 0 spiro atoms. The number of hydrogen-bond acceptors (Lipinski definition) is 4. The van der Waals surface area contributed by atoms with Crippen molar-refractivity contribution in [3.63, 3.8) is 0 Å². The van der Waals surface area contributed by atoms with Gasteiger partial charge < -0.3 is 19.7 Å². The number of benzene rings is 1. The zero-order valence-corrected chi connectivity index (χ0v) is 14.0. The standard InChI is InChI=1S/C18H21N3O4/c1-21-10-9-19-16(21)11-13(12-5-3-2-4-6-12)20-17(22)14-7-8-15(25-14)18(23)24/h2-6,9-10,13-15H,7-8,11H2,1H3,(H,20,22)(H,23,24)/t13?,14-,15+/m1/s1. The van der Waals surface area contributed by atoms with Gasteiger partial charge in [0.15, 0.2) is 6.10 Å². The highest BCUT2D eigenvalue weighted by atomic mass is 16.5. The Bertz CT molecular complexity index is 744. The number of aromatic nitrogens is 2. The van der Waals surface area contributed by atoms with Crippen molar-refractivity contribution in [3.8, 4) is 0 Å². The van der Waals surface area contributed by atoms with Gasteiger partial charge in [0, 0.05) is 25.9 Å². The predicted molar refractivity (Wildman–Crippen MR) is 89.8 cm³/mol. The summed E-state index contributed by atoms with van der Waals surface area (Å²) in [6.07, 6.45) is 3.24. The molecule has 3 atom stereocenters. The molecule has 3 rings (SSSR count). The van der Waals surface area contributed by atoms with E-state index in [1.54, 1.807) is 6.20 Å². The van der Waals surface area contributed by atoms with Crippen LogP contribution in [-0.2, 0) is 27.8 Å². The Kier molecular flexibility index (Phi) is 5.14. The van der Waals surface area contributed by atoms with Gasteiger partial charge in [0.05, 0.1) is 6.04 Å². The van der Waals surface area contributed by atoms with Gasteiger partial charge in [0.1, 0.15) is 11.9 Å². The summed E-state index contributed by atoms with van der Waals surface area (Å²) in [6.45, 7) is 0. The van der Waals surface area contributed by atoms with E-state index < -0.39 is 18.2 Å². The van der Waals surface area contributed by atoms with Crippen molar-refractivity contribution in [3.05, 3.63) is 54.1 Å². The molecule has 2 heterocycles. The van der Waals surface area contributed by atoms with E-state index in [1.807, 2.05) is 48.1 Å². The first-order chi connectivity index (χ1) is 12.0. The molecule has 25 heavy (non-hydrogen) atoms. The third-order valence-corrected chi connectivity index (χ3v) is 4.41. The largest absolute Gasteiger partial charge is 0.479 e. The van der Waals surface area contributed by atoms with E-state index in [1.165, 1.54) is 0 Å². The van der Waals surface area contributed by atoms with Crippen LogP contribution < -0.4 is 5.32 Å². The van der Waals surface area contributed by atoms with Gasteiger partial charge in [0.2, 0.25) is 5.91 Å². The molecular weight excluding hydrogens is 322 g/mol. The number of hydrogen-bond donors (Lipinski definition) is 2. The fourth-order valence-corrected chi connectivity index (χ4v) is 2.99. The molecule has 2 aromatic rings. The van der Waals surface area contributed by atoms with Crippen molar-refractivity contribution in [1.82, 2.24) is 14.9 Å².